The van der Waals surface area contributed by atoms with Crippen LogP contribution < -0.4 is 15.4 Å². The van der Waals surface area contributed by atoms with Gasteiger partial charge in [-0.1, -0.05) is 12.1 Å². The summed E-state index contributed by atoms with van der Waals surface area (Å²) in [7, 11) is 0. The largest absolute Gasteiger partial charge is 0.474 e. The number of carbonyl (C=O) groups is 1. The average molecular weight is 501 g/mol. The van der Waals surface area contributed by atoms with E-state index < -0.39 is 5.72 Å². The predicted octanol–water partition coefficient (Wildman–Crippen LogP) is 2.86. The molecule has 0 aliphatic carbocycles. The van der Waals surface area contributed by atoms with Crippen molar-refractivity contribution in [3.63, 3.8) is 0 Å². The number of ether oxygens (including phenoxy) is 1. The summed E-state index contributed by atoms with van der Waals surface area (Å²) < 4.78 is 7.44. The van der Waals surface area contributed by atoms with Gasteiger partial charge < -0.3 is 25.4 Å². The molecule has 11 heteroatoms. The summed E-state index contributed by atoms with van der Waals surface area (Å²) >= 11 is 0. The Morgan fingerprint density at radius 2 is 2.03 bits per heavy atom. The molecule has 4 aromatic rings. The number of anilines is 3. The van der Waals surface area contributed by atoms with E-state index in [1.54, 1.807) is 24.7 Å². The van der Waals surface area contributed by atoms with Crippen molar-refractivity contribution in [3.8, 4) is 17.0 Å². The van der Waals surface area contributed by atoms with Crippen molar-refractivity contribution in [1.82, 2.24) is 29.6 Å². The van der Waals surface area contributed by atoms with Crippen LogP contribution >= 0.6 is 0 Å². The molecule has 0 saturated heterocycles. The minimum absolute atomic E-state index is 0.138. The monoisotopic (exact) mass is 500 g/mol. The Labute approximate surface area is 213 Å². The van der Waals surface area contributed by atoms with Crippen LogP contribution in [0.1, 0.15) is 25.1 Å². The number of hydrogen-bond donors (Lipinski definition) is 3. The molecule has 0 atom stereocenters. The van der Waals surface area contributed by atoms with Crippen LogP contribution in [-0.2, 0) is 17.8 Å². The number of pyridine rings is 1. The molecule has 0 spiro atoms. The third-order valence-electron chi connectivity index (χ3n) is 6.77. The van der Waals surface area contributed by atoms with Crippen molar-refractivity contribution in [2.24, 2.45) is 0 Å². The van der Waals surface area contributed by atoms with E-state index in [2.05, 4.69) is 32.6 Å². The fourth-order valence-electron chi connectivity index (χ4n) is 4.88. The molecule has 2 aliphatic heterocycles. The second kappa shape index (κ2) is 8.70. The molecule has 0 radical (unpaired) electrons. The molecular weight excluding hydrogens is 472 g/mol. The third kappa shape index (κ3) is 4.31. The van der Waals surface area contributed by atoms with Gasteiger partial charge in [0.2, 0.25) is 17.7 Å². The molecule has 11 nitrogen and oxygen atoms in total. The Kier molecular flexibility index (Phi) is 5.45. The lowest BCUT2D eigenvalue weighted by molar-refractivity contribution is -0.151. The van der Waals surface area contributed by atoms with Crippen LogP contribution in [0, 0.1) is 6.92 Å². The van der Waals surface area contributed by atoms with Crippen molar-refractivity contribution in [3.05, 3.63) is 47.9 Å². The summed E-state index contributed by atoms with van der Waals surface area (Å²) in [5, 5.41) is 22.3. The van der Waals surface area contributed by atoms with E-state index in [1.807, 2.05) is 30.5 Å². The first-order valence-corrected chi connectivity index (χ1v) is 12.3. The maximum atomic E-state index is 12.7. The number of hydrogen-bond acceptors (Lipinski definition) is 9. The number of benzene rings is 1. The SMILES string of the molecule is Cc1c(-c2ccc3cnc(Nc4cc5n(n4)CCN(C(C)(C)O)C(=O)C5)nc3c2)cnc2c1NCCO2. The van der Waals surface area contributed by atoms with Crippen molar-refractivity contribution in [1.29, 1.82) is 0 Å². The van der Waals surface area contributed by atoms with Gasteiger partial charge in [-0.3, -0.25) is 9.48 Å². The summed E-state index contributed by atoms with van der Waals surface area (Å²) in [4.78, 5) is 27.8. The topological polar surface area (TPSA) is 130 Å². The van der Waals surface area contributed by atoms with E-state index in [1.165, 1.54) is 4.90 Å². The van der Waals surface area contributed by atoms with Gasteiger partial charge in [-0.05, 0) is 38.0 Å². The minimum Gasteiger partial charge on any atom is -0.474 e. The maximum absolute atomic E-state index is 12.7. The highest BCUT2D eigenvalue weighted by molar-refractivity contribution is 5.86. The lowest BCUT2D eigenvalue weighted by Crippen LogP contribution is -2.48. The second-order valence-electron chi connectivity index (χ2n) is 9.81. The number of rotatable bonds is 4. The zero-order chi connectivity index (χ0) is 25.7. The molecule has 0 bridgehead atoms. The second-order valence-corrected chi connectivity index (χ2v) is 9.81. The van der Waals surface area contributed by atoms with Gasteiger partial charge in [0.25, 0.3) is 0 Å². The summed E-state index contributed by atoms with van der Waals surface area (Å²) in [5.74, 6) is 1.48. The van der Waals surface area contributed by atoms with Crippen LogP contribution in [0.15, 0.2) is 36.7 Å². The van der Waals surface area contributed by atoms with Crippen molar-refractivity contribution < 1.29 is 14.6 Å². The predicted molar refractivity (Wildman–Crippen MR) is 139 cm³/mol. The van der Waals surface area contributed by atoms with E-state index in [0.717, 1.165) is 45.5 Å². The molecule has 0 saturated carbocycles. The van der Waals surface area contributed by atoms with Crippen LogP contribution in [0.3, 0.4) is 0 Å². The van der Waals surface area contributed by atoms with Gasteiger partial charge in [0, 0.05) is 42.5 Å². The van der Waals surface area contributed by atoms with Gasteiger partial charge in [-0.15, -0.1) is 0 Å². The Bertz CT molecular complexity index is 1520. The summed E-state index contributed by atoms with van der Waals surface area (Å²) in [5.41, 5.74) is 4.36. The summed E-state index contributed by atoms with van der Waals surface area (Å²) in [6, 6.07) is 7.89. The normalized spacial score (nSPS) is 15.5. The molecule has 1 amide bonds. The molecular formula is C26H28N8O3. The first kappa shape index (κ1) is 23.2. The van der Waals surface area contributed by atoms with Crippen molar-refractivity contribution in [2.75, 3.05) is 30.3 Å². The van der Waals surface area contributed by atoms with E-state index in [0.29, 0.717) is 37.3 Å². The number of aromatic nitrogens is 5. The Morgan fingerprint density at radius 3 is 2.86 bits per heavy atom. The van der Waals surface area contributed by atoms with Crippen LogP contribution in [0.4, 0.5) is 17.5 Å². The molecule has 37 heavy (non-hydrogen) atoms. The Hall–Kier alpha value is -4.25. The first-order chi connectivity index (χ1) is 17.8. The quantitative estimate of drug-likeness (QED) is 0.387. The van der Waals surface area contributed by atoms with Crippen LogP contribution in [0.25, 0.3) is 22.0 Å². The molecule has 1 aromatic carbocycles. The lowest BCUT2D eigenvalue weighted by Gasteiger charge is -2.32. The van der Waals surface area contributed by atoms with Gasteiger partial charge in [0.15, 0.2) is 5.82 Å². The molecule has 0 fully saturated rings. The fourth-order valence-corrected chi connectivity index (χ4v) is 4.88. The number of amides is 1. The molecule has 190 valence electrons. The van der Waals surface area contributed by atoms with Gasteiger partial charge in [0.05, 0.1) is 24.2 Å². The highest BCUT2D eigenvalue weighted by Gasteiger charge is 2.31. The highest BCUT2D eigenvalue weighted by atomic mass is 16.5. The standard InChI is InChI=1S/C26H28N8O3/c1-15-19(14-28-24-23(15)27-6-9-37-24)16-4-5-17-13-29-25(30-20(17)10-16)31-21-11-18-12-22(35)33(26(2,3)36)7-8-34(18)32-21/h4-5,10-11,13-14,27,36H,6-9,12H2,1-3H3,(H,29,30,31,32). The molecule has 3 aromatic heterocycles. The van der Waals surface area contributed by atoms with E-state index >= 15 is 0 Å². The lowest BCUT2D eigenvalue weighted by atomic mass is 10.00. The van der Waals surface area contributed by atoms with Gasteiger partial charge in [0.1, 0.15) is 18.0 Å². The third-order valence-corrected chi connectivity index (χ3v) is 6.77. The van der Waals surface area contributed by atoms with Crippen LogP contribution in [-0.4, -0.2) is 66.1 Å². The Balaban J connectivity index is 1.26. The van der Waals surface area contributed by atoms with Gasteiger partial charge in [-0.2, -0.15) is 5.10 Å². The Morgan fingerprint density at radius 1 is 1.16 bits per heavy atom. The zero-order valence-corrected chi connectivity index (χ0v) is 20.9. The van der Waals surface area contributed by atoms with Crippen molar-refractivity contribution >= 4 is 34.3 Å². The smallest absolute Gasteiger partial charge is 0.237 e. The summed E-state index contributed by atoms with van der Waals surface area (Å²) in [6.07, 6.45) is 3.77. The molecule has 5 heterocycles. The van der Waals surface area contributed by atoms with Gasteiger partial charge in [-0.25, -0.2) is 15.0 Å². The van der Waals surface area contributed by atoms with E-state index in [4.69, 9.17) is 9.72 Å². The number of carbonyl (C=O) groups excluding carboxylic acids is 1. The highest BCUT2D eigenvalue weighted by Crippen LogP contribution is 2.36. The molecule has 6 rings (SSSR count). The number of nitrogens with one attached hydrogen (secondary N) is 2. The summed E-state index contributed by atoms with van der Waals surface area (Å²) in [6.45, 7) is 7.52. The first-order valence-electron chi connectivity index (χ1n) is 12.3. The molecule has 0 unspecified atom stereocenters. The maximum Gasteiger partial charge on any atom is 0.237 e. The van der Waals surface area contributed by atoms with Gasteiger partial charge >= 0.3 is 0 Å². The number of fused-ring (bicyclic) bond motifs is 3. The number of nitrogens with zero attached hydrogens (tertiary/aromatic N) is 6. The van der Waals surface area contributed by atoms with E-state index in [-0.39, 0.29) is 12.3 Å². The molecule has 3 N–H and O–H groups in total. The number of aliphatic hydroxyl groups is 1. The van der Waals surface area contributed by atoms with Crippen molar-refractivity contribution in [2.45, 2.75) is 39.5 Å². The fraction of sp³-hybridized carbons (Fsp3) is 0.346. The zero-order valence-electron chi connectivity index (χ0n) is 20.9. The van der Waals surface area contributed by atoms with E-state index in [9.17, 15) is 9.90 Å². The van der Waals surface area contributed by atoms with Crippen LogP contribution in [0.2, 0.25) is 0 Å². The average Bonchev–Trinajstić information content (AvgIpc) is 3.15. The molecule has 2 aliphatic rings. The minimum atomic E-state index is -1.21. The van der Waals surface area contributed by atoms with Crippen LogP contribution in [0.5, 0.6) is 5.88 Å².